The fraction of sp³-hybridized carbons (Fsp3) is 0.640. The van der Waals surface area contributed by atoms with Gasteiger partial charge in [-0.1, -0.05) is 41.4 Å². The van der Waals surface area contributed by atoms with E-state index in [0.29, 0.717) is 0 Å². The fourth-order valence-corrected chi connectivity index (χ4v) is 1.90. The van der Waals surface area contributed by atoms with Crippen LogP contribution in [0.2, 0.25) is 0 Å². The zero-order valence-electron chi connectivity index (χ0n) is 20.2. The number of hydrogen-bond donors (Lipinski definition) is 3. The van der Waals surface area contributed by atoms with Crippen LogP contribution in [0.3, 0.4) is 0 Å². The first-order chi connectivity index (χ1) is 14.0. The number of aliphatic carboxylic acids is 1. The predicted molar refractivity (Wildman–Crippen MR) is 127 cm³/mol. The summed E-state index contributed by atoms with van der Waals surface area (Å²) in [5.41, 5.74) is 5.00. The van der Waals surface area contributed by atoms with E-state index in [2.05, 4.69) is 46.1 Å². The Labute approximate surface area is 184 Å². The summed E-state index contributed by atoms with van der Waals surface area (Å²) in [6.07, 6.45) is 11.2. The number of carbonyl (C=O) groups is 1. The van der Waals surface area contributed by atoms with Crippen LogP contribution in [-0.4, -0.2) is 40.8 Å². The fourth-order valence-electron chi connectivity index (χ4n) is 1.90. The van der Waals surface area contributed by atoms with E-state index in [0.717, 1.165) is 57.6 Å². The van der Waals surface area contributed by atoms with Crippen molar-refractivity contribution in [2.24, 2.45) is 0 Å². The standard InChI is InChI=1S/C10H18.C9H16O.C4H8O2.C2H4O2/c1-5-10(4)8-6-7-9(2)3;1-8(2)5-4-6-9(3)7-10;5-4-2-1-3-6-4;1-2(3)4/h8H,2,5-7H2,1,3-4H3;6,10H,1,4-5,7H2,2-3H3;4-5H,1-3H2;1H3,(H,3,4). The highest BCUT2D eigenvalue weighted by Gasteiger charge is 2.09. The number of rotatable bonds is 8. The molecule has 1 aliphatic rings. The summed E-state index contributed by atoms with van der Waals surface area (Å²) in [7, 11) is 0. The van der Waals surface area contributed by atoms with Crippen molar-refractivity contribution in [3.8, 4) is 0 Å². The van der Waals surface area contributed by atoms with E-state index in [4.69, 9.17) is 24.9 Å². The van der Waals surface area contributed by atoms with Crippen LogP contribution in [0.15, 0.2) is 47.6 Å². The Kier molecular flexibility index (Phi) is 25.9. The Morgan fingerprint density at radius 2 is 1.43 bits per heavy atom. The first-order valence-electron chi connectivity index (χ1n) is 10.7. The summed E-state index contributed by atoms with van der Waals surface area (Å²) in [5, 5.41) is 24.5. The van der Waals surface area contributed by atoms with Crippen LogP contribution in [0.25, 0.3) is 0 Å². The van der Waals surface area contributed by atoms with Gasteiger partial charge in [-0.2, -0.15) is 0 Å². The minimum absolute atomic E-state index is 0.177. The summed E-state index contributed by atoms with van der Waals surface area (Å²) in [6.45, 7) is 20.0. The van der Waals surface area contributed by atoms with E-state index in [1.54, 1.807) is 0 Å². The number of aliphatic hydroxyl groups excluding tert-OH is 2. The monoisotopic (exact) mass is 426 g/mol. The zero-order valence-corrected chi connectivity index (χ0v) is 20.2. The van der Waals surface area contributed by atoms with Crippen molar-refractivity contribution in [1.82, 2.24) is 0 Å². The van der Waals surface area contributed by atoms with Gasteiger partial charge in [0.1, 0.15) is 0 Å². The summed E-state index contributed by atoms with van der Waals surface area (Å²) in [5.74, 6) is -0.833. The summed E-state index contributed by atoms with van der Waals surface area (Å²) >= 11 is 0. The molecule has 0 aromatic rings. The third kappa shape index (κ3) is 37.1. The topological polar surface area (TPSA) is 87.0 Å². The van der Waals surface area contributed by atoms with Crippen LogP contribution >= 0.6 is 0 Å². The Bertz CT molecular complexity index is 474. The van der Waals surface area contributed by atoms with Gasteiger partial charge < -0.3 is 20.1 Å². The van der Waals surface area contributed by atoms with Crippen molar-refractivity contribution < 1.29 is 24.9 Å². The summed E-state index contributed by atoms with van der Waals surface area (Å²) in [4.78, 5) is 9.00. The van der Waals surface area contributed by atoms with Crippen LogP contribution in [0.1, 0.15) is 86.5 Å². The molecule has 0 spiro atoms. The average Bonchev–Trinajstić information content (AvgIpc) is 3.12. The highest BCUT2D eigenvalue weighted by atomic mass is 16.6. The predicted octanol–water partition coefficient (Wildman–Crippen LogP) is 6.19. The quantitative estimate of drug-likeness (QED) is 0.403. The molecule has 0 amide bonds. The van der Waals surface area contributed by atoms with Gasteiger partial charge in [-0.05, 0) is 66.2 Å². The molecule has 0 saturated carbocycles. The molecular weight excluding hydrogens is 380 g/mol. The van der Waals surface area contributed by atoms with Crippen molar-refractivity contribution in [3.63, 3.8) is 0 Å². The van der Waals surface area contributed by atoms with Gasteiger partial charge in [-0.25, -0.2) is 0 Å². The average molecular weight is 427 g/mol. The number of carboxylic acids is 1. The zero-order chi connectivity index (χ0) is 23.9. The van der Waals surface area contributed by atoms with E-state index < -0.39 is 12.3 Å². The smallest absolute Gasteiger partial charge is 0.300 e. The lowest BCUT2D eigenvalue weighted by atomic mass is 10.1. The maximum atomic E-state index is 9.00. The molecule has 0 bridgehead atoms. The van der Waals surface area contributed by atoms with E-state index in [1.807, 2.05) is 13.8 Å². The highest BCUT2D eigenvalue weighted by molar-refractivity contribution is 5.62. The normalized spacial score (nSPS) is 15.5. The molecule has 176 valence electrons. The third-order valence-electron chi connectivity index (χ3n) is 3.84. The lowest BCUT2D eigenvalue weighted by Crippen LogP contribution is -1.99. The van der Waals surface area contributed by atoms with Gasteiger partial charge in [0.25, 0.3) is 5.97 Å². The molecule has 1 heterocycles. The van der Waals surface area contributed by atoms with Gasteiger partial charge >= 0.3 is 0 Å². The van der Waals surface area contributed by atoms with Gasteiger partial charge in [0.05, 0.1) is 6.61 Å². The van der Waals surface area contributed by atoms with Crippen molar-refractivity contribution in [2.75, 3.05) is 13.2 Å². The number of hydrogen-bond acceptors (Lipinski definition) is 4. The van der Waals surface area contributed by atoms with Gasteiger partial charge in [0, 0.05) is 20.0 Å². The van der Waals surface area contributed by atoms with Crippen LogP contribution in [0.5, 0.6) is 0 Å². The van der Waals surface area contributed by atoms with Gasteiger partial charge in [0.2, 0.25) is 0 Å². The maximum Gasteiger partial charge on any atom is 0.300 e. The molecule has 1 saturated heterocycles. The first kappa shape index (κ1) is 33.0. The molecule has 5 heteroatoms. The Hall–Kier alpha value is -1.69. The summed E-state index contributed by atoms with van der Waals surface area (Å²) < 4.78 is 4.71. The highest BCUT2D eigenvalue weighted by Crippen LogP contribution is 2.07. The Balaban J connectivity index is -0.000000342. The number of carboxylic acid groups (broad SMARTS) is 1. The number of aliphatic hydroxyl groups is 2. The van der Waals surface area contributed by atoms with Crippen LogP contribution < -0.4 is 0 Å². The lowest BCUT2D eigenvalue weighted by Gasteiger charge is -1.95. The first-order valence-corrected chi connectivity index (χ1v) is 10.7. The van der Waals surface area contributed by atoms with E-state index in [1.165, 1.54) is 23.1 Å². The minimum Gasteiger partial charge on any atom is -0.481 e. The van der Waals surface area contributed by atoms with Crippen LogP contribution in [0.4, 0.5) is 0 Å². The molecule has 0 radical (unpaired) electrons. The Morgan fingerprint density at radius 3 is 1.67 bits per heavy atom. The maximum absolute atomic E-state index is 9.00. The van der Waals surface area contributed by atoms with Gasteiger partial charge in [-0.3, -0.25) is 4.79 Å². The largest absolute Gasteiger partial charge is 0.481 e. The SMILES string of the molecule is C=C(C)CCC=C(C)CC.C=C(C)CCC=C(C)CO.CC(=O)O.OC1CCCO1. The van der Waals surface area contributed by atoms with Crippen molar-refractivity contribution in [3.05, 3.63) is 47.6 Å². The van der Waals surface area contributed by atoms with Gasteiger partial charge in [-0.15, -0.1) is 13.2 Å². The molecule has 0 aliphatic carbocycles. The second-order valence-electron chi connectivity index (χ2n) is 7.59. The molecule has 3 N–H and O–H groups in total. The second kappa shape index (κ2) is 23.6. The van der Waals surface area contributed by atoms with Crippen molar-refractivity contribution in [1.29, 1.82) is 0 Å². The van der Waals surface area contributed by atoms with Crippen molar-refractivity contribution in [2.45, 2.75) is 92.8 Å². The third-order valence-corrected chi connectivity index (χ3v) is 3.84. The molecule has 1 rings (SSSR count). The molecule has 1 aliphatic heterocycles. The van der Waals surface area contributed by atoms with Gasteiger partial charge in [0.15, 0.2) is 6.29 Å². The van der Waals surface area contributed by atoms with Crippen molar-refractivity contribution >= 4 is 5.97 Å². The minimum atomic E-state index is -0.833. The van der Waals surface area contributed by atoms with E-state index in [9.17, 15) is 0 Å². The van der Waals surface area contributed by atoms with Crippen LogP contribution in [0, 0.1) is 0 Å². The molecule has 0 aromatic carbocycles. The lowest BCUT2D eigenvalue weighted by molar-refractivity contribution is -0.134. The molecular formula is C25H46O5. The summed E-state index contributed by atoms with van der Waals surface area (Å²) in [6, 6.07) is 0. The molecule has 1 fully saturated rings. The second-order valence-corrected chi connectivity index (χ2v) is 7.59. The Morgan fingerprint density at radius 1 is 1.00 bits per heavy atom. The number of allylic oxidation sites excluding steroid dienone is 5. The van der Waals surface area contributed by atoms with Crippen LogP contribution in [-0.2, 0) is 9.53 Å². The molecule has 30 heavy (non-hydrogen) atoms. The molecule has 1 unspecified atom stereocenters. The van der Waals surface area contributed by atoms with E-state index in [-0.39, 0.29) is 6.61 Å². The molecule has 5 nitrogen and oxygen atoms in total. The molecule has 1 atom stereocenters. The van der Waals surface area contributed by atoms with E-state index >= 15 is 0 Å². The molecule has 0 aromatic heterocycles. The number of ether oxygens (including phenoxy) is 1.